The quantitative estimate of drug-likeness (QED) is 0.0473. The minimum absolute atomic E-state index is 0.161. The number of hydrogen-bond acceptors (Lipinski definition) is 7. The Bertz CT molecular complexity index is 1240. The van der Waals surface area contributed by atoms with E-state index < -0.39 is 0 Å². The van der Waals surface area contributed by atoms with Gasteiger partial charge in [-0.15, -0.1) is 0 Å². The van der Waals surface area contributed by atoms with E-state index in [4.69, 9.17) is 18.9 Å². The summed E-state index contributed by atoms with van der Waals surface area (Å²) in [6.45, 7) is 8.89. The summed E-state index contributed by atoms with van der Waals surface area (Å²) in [6.07, 6.45) is 19.4. The van der Waals surface area contributed by atoms with Crippen molar-refractivity contribution in [1.82, 2.24) is 0 Å². The summed E-state index contributed by atoms with van der Waals surface area (Å²) in [6, 6.07) is 15.2. The lowest BCUT2D eigenvalue weighted by Gasteiger charge is -2.29. The van der Waals surface area contributed by atoms with E-state index in [9.17, 15) is 14.4 Å². The van der Waals surface area contributed by atoms with Crippen LogP contribution in [0.5, 0.6) is 11.5 Å². The molecular formula is C42H60O7. The lowest BCUT2D eigenvalue weighted by Crippen LogP contribution is -2.13. The molecule has 270 valence electrons. The van der Waals surface area contributed by atoms with E-state index in [2.05, 4.69) is 25.6 Å². The first-order chi connectivity index (χ1) is 23.9. The van der Waals surface area contributed by atoms with Gasteiger partial charge in [-0.3, -0.25) is 4.79 Å². The molecule has 0 aromatic heterocycles. The number of benzene rings is 2. The molecule has 7 heteroatoms. The van der Waals surface area contributed by atoms with Gasteiger partial charge < -0.3 is 18.9 Å². The lowest BCUT2D eigenvalue weighted by atomic mass is 9.77. The maximum atomic E-state index is 12.7. The van der Waals surface area contributed by atoms with E-state index in [1.54, 1.807) is 19.1 Å². The zero-order chi connectivity index (χ0) is 35.1. The SMILES string of the molecule is C=C(C)C(=O)OCCCCCC(=O)OCCCCCCCCOc1ccc(C(=O)Oc2ccc(C3CCC(CCCCC)CC3)cc2)cc1. The summed E-state index contributed by atoms with van der Waals surface area (Å²) in [7, 11) is 0. The molecule has 3 rings (SSSR count). The highest BCUT2D eigenvalue weighted by Crippen LogP contribution is 2.38. The van der Waals surface area contributed by atoms with Crippen LogP contribution in [-0.2, 0) is 19.1 Å². The first kappa shape index (κ1) is 39.8. The van der Waals surface area contributed by atoms with Crippen LogP contribution in [0, 0.1) is 5.92 Å². The summed E-state index contributed by atoms with van der Waals surface area (Å²) >= 11 is 0. The van der Waals surface area contributed by atoms with E-state index in [1.807, 2.05) is 24.3 Å². The number of esters is 3. The molecule has 0 atom stereocenters. The van der Waals surface area contributed by atoms with Crippen molar-refractivity contribution in [2.75, 3.05) is 19.8 Å². The Balaban J connectivity index is 1.17. The topological polar surface area (TPSA) is 88.1 Å². The molecule has 1 aliphatic rings. The average molecular weight is 677 g/mol. The van der Waals surface area contributed by atoms with Crippen LogP contribution in [0.1, 0.15) is 151 Å². The van der Waals surface area contributed by atoms with Gasteiger partial charge in [0.05, 0.1) is 25.4 Å². The second-order valence-electron chi connectivity index (χ2n) is 13.6. The molecule has 0 saturated heterocycles. The van der Waals surface area contributed by atoms with Gasteiger partial charge in [0.1, 0.15) is 11.5 Å². The van der Waals surface area contributed by atoms with Crippen molar-refractivity contribution >= 4 is 17.9 Å². The summed E-state index contributed by atoms with van der Waals surface area (Å²) in [5, 5.41) is 0. The van der Waals surface area contributed by atoms with E-state index in [1.165, 1.54) is 56.9 Å². The largest absolute Gasteiger partial charge is 0.494 e. The van der Waals surface area contributed by atoms with Gasteiger partial charge in [0.25, 0.3) is 0 Å². The van der Waals surface area contributed by atoms with Crippen molar-refractivity contribution in [3.05, 3.63) is 71.8 Å². The van der Waals surface area contributed by atoms with Gasteiger partial charge in [-0.25, -0.2) is 9.59 Å². The Morgan fingerprint density at radius 2 is 1.27 bits per heavy atom. The zero-order valence-corrected chi connectivity index (χ0v) is 30.2. The summed E-state index contributed by atoms with van der Waals surface area (Å²) < 4.78 is 21.9. The van der Waals surface area contributed by atoms with Crippen molar-refractivity contribution < 1.29 is 33.3 Å². The van der Waals surface area contributed by atoms with Crippen LogP contribution in [0.15, 0.2) is 60.7 Å². The van der Waals surface area contributed by atoms with E-state index >= 15 is 0 Å². The molecule has 2 aromatic carbocycles. The van der Waals surface area contributed by atoms with Crippen LogP contribution in [0.4, 0.5) is 0 Å². The third kappa shape index (κ3) is 16.6. The molecule has 49 heavy (non-hydrogen) atoms. The molecule has 2 aromatic rings. The highest BCUT2D eigenvalue weighted by molar-refractivity contribution is 5.91. The number of ether oxygens (including phenoxy) is 4. The third-order valence-corrected chi connectivity index (χ3v) is 9.39. The van der Waals surface area contributed by atoms with Crippen LogP contribution in [-0.4, -0.2) is 37.7 Å². The fraction of sp³-hybridized carbons (Fsp3) is 0.595. The third-order valence-electron chi connectivity index (χ3n) is 9.39. The Morgan fingerprint density at radius 1 is 0.673 bits per heavy atom. The maximum absolute atomic E-state index is 12.7. The molecule has 0 aliphatic heterocycles. The lowest BCUT2D eigenvalue weighted by molar-refractivity contribution is -0.144. The molecule has 1 saturated carbocycles. The summed E-state index contributed by atoms with van der Waals surface area (Å²) in [4.78, 5) is 35.9. The molecule has 1 aliphatic carbocycles. The van der Waals surface area contributed by atoms with Crippen molar-refractivity contribution in [1.29, 1.82) is 0 Å². The van der Waals surface area contributed by atoms with Gasteiger partial charge in [0, 0.05) is 12.0 Å². The Morgan fingerprint density at radius 3 is 1.92 bits per heavy atom. The van der Waals surface area contributed by atoms with Crippen LogP contribution in [0.25, 0.3) is 0 Å². The molecule has 0 radical (unpaired) electrons. The molecule has 0 amide bonds. The Labute approximate surface area is 295 Å². The minimum atomic E-state index is -0.368. The normalized spacial score (nSPS) is 15.7. The maximum Gasteiger partial charge on any atom is 0.343 e. The van der Waals surface area contributed by atoms with Crippen LogP contribution in [0.2, 0.25) is 0 Å². The summed E-state index contributed by atoms with van der Waals surface area (Å²) in [5.41, 5.74) is 2.25. The molecule has 1 fully saturated rings. The van der Waals surface area contributed by atoms with Crippen molar-refractivity contribution in [2.45, 2.75) is 135 Å². The second kappa shape index (κ2) is 23.7. The van der Waals surface area contributed by atoms with Gasteiger partial charge in [-0.2, -0.15) is 0 Å². The molecule has 0 bridgehead atoms. The molecular weight excluding hydrogens is 616 g/mol. The first-order valence-electron chi connectivity index (χ1n) is 18.9. The molecule has 0 spiro atoms. The predicted molar refractivity (Wildman–Crippen MR) is 195 cm³/mol. The highest BCUT2D eigenvalue weighted by atomic mass is 16.5. The molecule has 0 unspecified atom stereocenters. The fourth-order valence-electron chi connectivity index (χ4n) is 6.32. The first-order valence-corrected chi connectivity index (χ1v) is 18.9. The van der Waals surface area contributed by atoms with Crippen LogP contribution < -0.4 is 9.47 Å². The molecule has 7 nitrogen and oxygen atoms in total. The minimum Gasteiger partial charge on any atom is -0.494 e. The number of carbonyl (C=O) groups is 3. The zero-order valence-electron chi connectivity index (χ0n) is 30.2. The average Bonchev–Trinajstić information content (AvgIpc) is 3.11. The monoisotopic (exact) mass is 676 g/mol. The van der Waals surface area contributed by atoms with Gasteiger partial charge in [-0.1, -0.05) is 77.0 Å². The van der Waals surface area contributed by atoms with E-state index in [-0.39, 0.29) is 17.9 Å². The standard InChI is InChI=1S/C42H60O7/c1-4-5-11-16-34-18-20-35(21-19-34)36-22-28-39(29-23-36)49-42(45)37-24-26-38(27-25-37)46-30-13-8-6-7-9-14-31-47-40(43)17-12-10-15-32-48-41(44)33(2)3/h22-29,34-35H,2,4-21,30-32H2,1,3H3. The van der Waals surface area contributed by atoms with Crippen molar-refractivity contribution in [2.24, 2.45) is 5.92 Å². The number of unbranched alkanes of at least 4 members (excludes halogenated alkanes) is 9. The molecule has 0 heterocycles. The predicted octanol–water partition coefficient (Wildman–Crippen LogP) is 10.7. The summed E-state index contributed by atoms with van der Waals surface area (Å²) in [5.74, 6) is 1.94. The van der Waals surface area contributed by atoms with Crippen molar-refractivity contribution in [3.63, 3.8) is 0 Å². The van der Waals surface area contributed by atoms with Gasteiger partial charge in [0.15, 0.2) is 0 Å². The van der Waals surface area contributed by atoms with Gasteiger partial charge in [-0.05, 0) is 119 Å². The van der Waals surface area contributed by atoms with E-state index in [0.29, 0.717) is 49.0 Å². The Kier molecular flexibility index (Phi) is 19.3. The highest BCUT2D eigenvalue weighted by Gasteiger charge is 2.22. The second-order valence-corrected chi connectivity index (χ2v) is 13.6. The smallest absolute Gasteiger partial charge is 0.343 e. The van der Waals surface area contributed by atoms with Gasteiger partial charge in [0.2, 0.25) is 0 Å². The van der Waals surface area contributed by atoms with Crippen molar-refractivity contribution in [3.8, 4) is 11.5 Å². The Hall–Kier alpha value is -3.61. The number of hydrogen-bond donors (Lipinski definition) is 0. The van der Waals surface area contributed by atoms with Crippen LogP contribution in [0.3, 0.4) is 0 Å². The number of rotatable bonds is 24. The fourth-order valence-corrected chi connectivity index (χ4v) is 6.32. The number of carbonyl (C=O) groups excluding carboxylic acids is 3. The van der Waals surface area contributed by atoms with Gasteiger partial charge >= 0.3 is 17.9 Å². The molecule has 0 N–H and O–H groups in total. The van der Waals surface area contributed by atoms with Crippen LogP contribution >= 0.6 is 0 Å². The van der Waals surface area contributed by atoms with E-state index in [0.717, 1.165) is 69.5 Å².